The first-order chi connectivity index (χ1) is 16.3. The number of carbonyl (C=O) groups excluding carboxylic acids is 1. The minimum Gasteiger partial charge on any atom is -0.457 e. The van der Waals surface area contributed by atoms with Crippen molar-refractivity contribution >= 4 is 35.1 Å². The molecule has 3 aromatic heterocycles. The third kappa shape index (κ3) is 4.10. The van der Waals surface area contributed by atoms with Gasteiger partial charge in [-0.1, -0.05) is 33.6 Å². The van der Waals surface area contributed by atoms with Gasteiger partial charge in [-0.2, -0.15) is 9.97 Å². The molecule has 0 amide bonds. The van der Waals surface area contributed by atoms with E-state index in [0.717, 1.165) is 25.7 Å². The van der Waals surface area contributed by atoms with E-state index in [1.54, 1.807) is 4.57 Å². The molecule has 1 saturated heterocycles. The maximum Gasteiger partial charge on any atom is 0.293 e. The highest BCUT2D eigenvalue weighted by Crippen LogP contribution is 2.41. The summed E-state index contributed by atoms with van der Waals surface area (Å²) in [4.78, 5) is 24.4. The zero-order valence-electron chi connectivity index (χ0n) is 19.0. The molecule has 2 aliphatic rings. The van der Waals surface area contributed by atoms with Gasteiger partial charge < -0.3 is 24.3 Å². The van der Waals surface area contributed by atoms with Gasteiger partial charge in [0.15, 0.2) is 35.4 Å². The van der Waals surface area contributed by atoms with Crippen LogP contribution in [0.15, 0.2) is 10.7 Å². The molecule has 1 saturated carbocycles. The van der Waals surface area contributed by atoms with Crippen LogP contribution in [-0.4, -0.2) is 59.5 Å². The van der Waals surface area contributed by atoms with E-state index in [-0.39, 0.29) is 29.1 Å². The minimum atomic E-state index is -1.27. The zero-order chi connectivity index (χ0) is 24.0. The number of aliphatic hydroxyl groups excluding tert-OH is 1. The molecule has 4 atom stereocenters. The summed E-state index contributed by atoms with van der Waals surface area (Å²) in [5, 5.41) is 22.5. The third-order valence-corrected chi connectivity index (χ3v) is 6.29. The molecule has 0 spiro atoms. The average molecular weight is 492 g/mol. The van der Waals surface area contributed by atoms with Crippen LogP contribution in [0.25, 0.3) is 11.2 Å². The van der Waals surface area contributed by atoms with E-state index in [1.807, 2.05) is 20.8 Å². The molecule has 13 heteroatoms. The van der Waals surface area contributed by atoms with Crippen LogP contribution in [0.2, 0.25) is 5.28 Å². The summed E-state index contributed by atoms with van der Waals surface area (Å²) in [5.41, 5.74) is 0.485. The minimum absolute atomic E-state index is 0.0319. The van der Waals surface area contributed by atoms with E-state index in [2.05, 4.69) is 30.5 Å². The molecule has 4 heterocycles. The van der Waals surface area contributed by atoms with Crippen LogP contribution in [-0.2, 0) is 19.7 Å². The first-order valence-corrected chi connectivity index (χ1v) is 11.6. The summed E-state index contributed by atoms with van der Waals surface area (Å²) in [7, 11) is 0. The normalized spacial score (nSPS) is 25.8. The second kappa shape index (κ2) is 8.75. The average Bonchev–Trinajstić information content (AvgIpc) is 3.55. The van der Waals surface area contributed by atoms with Gasteiger partial charge in [-0.05, 0) is 24.4 Å². The molecular weight excluding hydrogens is 466 g/mol. The number of hydrogen-bond donors (Lipinski definition) is 2. The fourth-order valence-electron chi connectivity index (χ4n) is 4.38. The maximum absolute atomic E-state index is 11.2. The van der Waals surface area contributed by atoms with Gasteiger partial charge in [-0.25, -0.2) is 4.98 Å². The number of halogens is 1. The van der Waals surface area contributed by atoms with E-state index in [1.165, 1.54) is 6.33 Å². The third-order valence-electron chi connectivity index (χ3n) is 6.12. The van der Waals surface area contributed by atoms with Gasteiger partial charge >= 0.3 is 0 Å². The maximum atomic E-state index is 11.2. The van der Waals surface area contributed by atoms with E-state index in [9.17, 15) is 9.90 Å². The highest BCUT2D eigenvalue weighted by Gasteiger charge is 2.50. The molecule has 2 N–H and O–H groups in total. The van der Waals surface area contributed by atoms with Gasteiger partial charge in [0.25, 0.3) is 6.47 Å². The molecule has 2 fully saturated rings. The van der Waals surface area contributed by atoms with Crippen molar-refractivity contribution in [1.29, 1.82) is 0 Å². The van der Waals surface area contributed by atoms with E-state index < -0.39 is 24.5 Å². The topological polar surface area (TPSA) is 150 Å². The number of imidazole rings is 1. The quantitative estimate of drug-likeness (QED) is 0.386. The van der Waals surface area contributed by atoms with Crippen LogP contribution in [0, 0.1) is 0 Å². The number of carbonyl (C=O) groups is 1. The first-order valence-electron chi connectivity index (χ1n) is 11.2. The highest BCUT2D eigenvalue weighted by atomic mass is 35.5. The van der Waals surface area contributed by atoms with Crippen LogP contribution < -0.4 is 5.32 Å². The lowest BCUT2D eigenvalue weighted by molar-refractivity contribution is -0.142. The Morgan fingerprint density at radius 2 is 2.03 bits per heavy atom. The first kappa shape index (κ1) is 22.9. The predicted molar refractivity (Wildman–Crippen MR) is 119 cm³/mol. The van der Waals surface area contributed by atoms with Crippen molar-refractivity contribution in [2.45, 2.75) is 82.5 Å². The summed E-state index contributed by atoms with van der Waals surface area (Å²) in [5.74, 6) is 1.00. The van der Waals surface area contributed by atoms with E-state index in [0.29, 0.717) is 22.9 Å². The molecule has 3 aromatic rings. The van der Waals surface area contributed by atoms with Crippen LogP contribution in [0.5, 0.6) is 0 Å². The smallest absolute Gasteiger partial charge is 0.293 e. The molecule has 34 heavy (non-hydrogen) atoms. The van der Waals surface area contributed by atoms with Gasteiger partial charge in [-0.3, -0.25) is 9.36 Å². The molecule has 0 aromatic carbocycles. The number of rotatable bonds is 6. The predicted octanol–water partition coefficient (Wildman–Crippen LogP) is 2.69. The number of hydrogen-bond acceptors (Lipinski definition) is 11. The Hall–Kier alpha value is -2.83. The molecule has 0 bridgehead atoms. The lowest BCUT2D eigenvalue weighted by atomic mass is 9.97. The van der Waals surface area contributed by atoms with Gasteiger partial charge in [-0.15, -0.1) is 10.2 Å². The van der Waals surface area contributed by atoms with Crippen molar-refractivity contribution < 1.29 is 23.8 Å². The summed E-state index contributed by atoms with van der Waals surface area (Å²) < 4.78 is 18.6. The van der Waals surface area contributed by atoms with Crippen molar-refractivity contribution in [2.24, 2.45) is 0 Å². The van der Waals surface area contributed by atoms with E-state index >= 15 is 0 Å². The SMILES string of the molecule is CC(C)(C)c1nnc([C@H]2O[C@@H](n3cnc4c(NC5CCCC5)nc(Cl)nc43)[C@H](OC=O)[C@@H]2O)o1. The summed E-state index contributed by atoms with van der Waals surface area (Å²) in [6.07, 6.45) is 1.54. The number of nitrogens with one attached hydrogen (secondary N) is 1. The molecule has 1 aliphatic carbocycles. The van der Waals surface area contributed by atoms with Gasteiger partial charge in [0.1, 0.15) is 6.10 Å². The standard InChI is InChI=1S/C21H26ClN7O5/c1-21(2,3)19-28-27-17(34-19)13-12(31)14(32-9-30)18(33-13)29-8-23-11-15(24-10-6-4-5-7-10)25-20(22)26-16(11)29/h8-10,12-14,18,31H,4-7H2,1-3H3,(H,24,25,26)/t12-,13+,14-,18-/m1/s1. The second-order valence-electron chi connectivity index (χ2n) is 9.62. The molecule has 0 unspecified atom stereocenters. The summed E-state index contributed by atoms with van der Waals surface area (Å²) >= 11 is 6.23. The Morgan fingerprint density at radius 3 is 2.71 bits per heavy atom. The van der Waals surface area contributed by atoms with Crippen molar-refractivity contribution in [1.82, 2.24) is 29.7 Å². The summed E-state index contributed by atoms with van der Waals surface area (Å²) in [6.45, 7) is 6.04. The number of nitrogens with zero attached hydrogens (tertiary/aromatic N) is 6. The number of anilines is 1. The zero-order valence-corrected chi connectivity index (χ0v) is 19.8. The van der Waals surface area contributed by atoms with Gasteiger partial charge in [0.2, 0.25) is 17.1 Å². The van der Waals surface area contributed by atoms with Crippen LogP contribution in [0.4, 0.5) is 5.82 Å². The van der Waals surface area contributed by atoms with Crippen molar-refractivity contribution in [3.05, 3.63) is 23.4 Å². The number of aliphatic hydroxyl groups is 1. The number of ether oxygens (including phenoxy) is 2. The molecule has 12 nitrogen and oxygen atoms in total. The largest absolute Gasteiger partial charge is 0.457 e. The van der Waals surface area contributed by atoms with Crippen LogP contribution in [0.1, 0.15) is 70.6 Å². The Balaban J connectivity index is 1.50. The second-order valence-corrected chi connectivity index (χ2v) is 9.96. The number of fused-ring (bicyclic) bond motifs is 1. The molecular formula is C21H26ClN7O5. The fourth-order valence-corrected chi connectivity index (χ4v) is 4.55. The van der Waals surface area contributed by atoms with Crippen LogP contribution >= 0.6 is 11.6 Å². The Bertz CT molecular complexity index is 1190. The monoisotopic (exact) mass is 491 g/mol. The lowest BCUT2D eigenvalue weighted by Crippen LogP contribution is -2.32. The molecule has 0 radical (unpaired) electrons. The molecule has 1 aliphatic heterocycles. The van der Waals surface area contributed by atoms with Gasteiger partial charge in [0, 0.05) is 11.5 Å². The molecule has 182 valence electrons. The fraction of sp³-hybridized carbons (Fsp3) is 0.619. The molecule has 5 rings (SSSR count). The van der Waals surface area contributed by atoms with Crippen molar-refractivity contribution in [2.75, 3.05) is 5.32 Å². The van der Waals surface area contributed by atoms with Crippen molar-refractivity contribution in [3.63, 3.8) is 0 Å². The van der Waals surface area contributed by atoms with Gasteiger partial charge in [0.05, 0.1) is 6.33 Å². The van der Waals surface area contributed by atoms with Crippen LogP contribution in [0.3, 0.4) is 0 Å². The summed E-state index contributed by atoms with van der Waals surface area (Å²) in [6, 6.07) is 0.286. The lowest BCUT2D eigenvalue weighted by Gasteiger charge is -2.19. The highest BCUT2D eigenvalue weighted by molar-refractivity contribution is 6.28. The Morgan fingerprint density at radius 1 is 1.26 bits per heavy atom. The Labute approximate surface area is 200 Å². The van der Waals surface area contributed by atoms with Crippen molar-refractivity contribution in [3.8, 4) is 0 Å². The Kier molecular flexibility index (Phi) is 5.90. The van der Waals surface area contributed by atoms with E-state index in [4.69, 9.17) is 25.5 Å². The number of aromatic nitrogens is 6.